The van der Waals surface area contributed by atoms with Gasteiger partial charge in [0.05, 0.1) is 11.2 Å². The van der Waals surface area contributed by atoms with Gasteiger partial charge in [0.25, 0.3) is 0 Å². The molecule has 17 heavy (non-hydrogen) atoms. The molecule has 1 aliphatic rings. The summed E-state index contributed by atoms with van der Waals surface area (Å²) in [6, 6.07) is 9.63. The van der Waals surface area contributed by atoms with Crippen molar-refractivity contribution in [2.45, 2.75) is 6.10 Å². The number of para-hydroxylation sites is 1. The number of carbonyl (C=O) groups excluding carboxylic acids is 1. The predicted octanol–water partition coefficient (Wildman–Crippen LogP) is 2.62. The second-order valence-electron chi connectivity index (χ2n) is 3.89. The molecule has 3 rings (SSSR count). The SMILES string of the molecule is O=C1c2cc3ccccc3nc2C=CC1OP. The van der Waals surface area contributed by atoms with Gasteiger partial charge in [0.2, 0.25) is 0 Å². The average Bonchev–Trinajstić information content (AvgIpc) is 2.37. The maximum absolute atomic E-state index is 12.1. The quantitative estimate of drug-likeness (QED) is 0.723. The minimum absolute atomic E-state index is 0.0456. The molecule has 0 radical (unpaired) electrons. The average molecular weight is 243 g/mol. The summed E-state index contributed by atoms with van der Waals surface area (Å²) in [6.07, 6.45) is 3.03. The Balaban J connectivity index is 2.24. The number of Topliss-reactive ketones (excluding diaryl/α,β-unsaturated/α-hetero) is 1. The molecule has 2 unspecified atom stereocenters. The van der Waals surface area contributed by atoms with Crippen molar-refractivity contribution in [1.29, 1.82) is 0 Å². The van der Waals surface area contributed by atoms with Crippen molar-refractivity contribution in [2.24, 2.45) is 0 Å². The van der Waals surface area contributed by atoms with Crippen molar-refractivity contribution in [2.75, 3.05) is 0 Å². The maximum atomic E-state index is 12.1. The third kappa shape index (κ3) is 1.68. The van der Waals surface area contributed by atoms with E-state index in [0.717, 1.165) is 10.9 Å². The van der Waals surface area contributed by atoms with Gasteiger partial charge < -0.3 is 4.52 Å². The molecular weight excluding hydrogens is 233 g/mol. The first-order valence-electron chi connectivity index (χ1n) is 5.27. The number of hydrogen-bond donors (Lipinski definition) is 0. The molecule has 1 aliphatic carbocycles. The van der Waals surface area contributed by atoms with Crippen molar-refractivity contribution in [3.63, 3.8) is 0 Å². The Hall–Kier alpha value is -1.57. The number of benzene rings is 1. The molecule has 0 saturated carbocycles. The Kier molecular flexibility index (Phi) is 2.50. The molecule has 2 aromatic rings. The number of pyridine rings is 1. The van der Waals surface area contributed by atoms with Crippen molar-refractivity contribution in [3.05, 3.63) is 47.7 Å². The fraction of sp³-hybridized carbons (Fsp3) is 0.0769. The van der Waals surface area contributed by atoms with E-state index in [1.165, 1.54) is 0 Å². The number of rotatable bonds is 1. The van der Waals surface area contributed by atoms with Crippen LogP contribution in [-0.4, -0.2) is 16.9 Å². The Morgan fingerprint density at radius 2 is 2.12 bits per heavy atom. The molecule has 1 aromatic heterocycles. The largest absolute Gasteiger partial charge is 0.350 e. The minimum Gasteiger partial charge on any atom is -0.350 e. The van der Waals surface area contributed by atoms with Crippen LogP contribution in [0.25, 0.3) is 17.0 Å². The zero-order valence-corrected chi connectivity index (χ0v) is 10.1. The van der Waals surface area contributed by atoms with Crippen molar-refractivity contribution < 1.29 is 9.32 Å². The van der Waals surface area contributed by atoms with Gasteiger partial charge in [-0.05, 0) is 24.3 Å². The molecule has 3 nitrogen and oxygen atoms in total. The van der Waals surface area contributed by atoms with E-state index in [4.69, 9.17) is 4.52 Å². The number of ketones is 1. The lowest BCUT2D eigenvalue weighted by Crippen LogP contribution is -2.23. The molecule has 0 spiro atoms. The standard InChI is InChI=1S/C13H10NO2P/c15-13-9-7-8-3-1-2-4-10(8)14-11(9)5-6-12(13)16-17/h1-7,12H,17H2. The summed E-state index contributed by atoms with van der Waals surface area (Å²) < 4.78 is 5.02. The number of hydrogen-bond acceptors (Lipinski definition) is 3. The highest BCUT2D eigenvalue weighted by atomic mass is 31.0. The zero-order valence-electron chi connectivity index (χ0n) is 8.96. The predicted molar refractivity (Wildman–Crippen MR) is 69.7 cm³/mol. The van der Waals surface area contributed by atoms with Gasteiger partial charge in [-0.2, -0.15) is 0 Å². The summed E-state index contributed by atoms with van der Waals surface area (Å²) in [5, 5.41) is 0.970. The number of carbonyl (C=O) groups is 1. The second kappa shape index (κ2) is 4.02. The highest BCUT2D eigenvalue weighted by Gasteiger charge is 2.24. The molecule has 1 aromatic carbocycles. The summed E-state index contributed by atoms with van der Waals surface area (Å²) in [4.78, 5) is 16.5. The molecule has 0 bridgehead atoms. The van der Waals surface area contributed by atoms with Gasteiger partial charge in [-0.1, -0.05) is 18.2 Å². The summed E-state index contributed by atoms with van der Waals surface area (Å²) in [7, 11) is 2.12. The van der Waals surface area contributed by atoms with E-state index < -0.39 is 6.10 Å². The van der Waals surface area contributed by atoms with E-state index in [-0.39, 0.29) is 5.78 Å². The first kappa shape index (κ1) is 10.6. The first-order valence-corrected chi connectivity index (χ1v) is 5.74. The van der Waals surface area contributed by atoms with Crippen molar-refractivity contribution in [3.8, 4) is 0 Å². The molecule has 2 atom stereocenters. The number of aromatic nitrogens is 1. The fourth-order valence-electron chi connectivity index (χ4n) is 1.98. The molecule has 0 saturated heterocycles. The van der Waals surface area contributed by atoms with Crippen LogP contribution < -0.4 is 0 Å². The lowest BCUT2D eigenvalue weighted by molar-refractivity contribution is 0.0871. The molecule has 1 heterocycles. The Labute approximate surface area is 101 Å². The van der Waals surface area contributed by atoms with Crippen LogP contribution >= 0.6 is 9.47 Å². The summed E-state index contributed by atoms with van der Waals surface area (Å²) in [6.45, 7) is 0. The molecular formula is C13H10NO2P. The van der Waals surface area contributed by atoms with Gasteiger partial charge in [0, 0.05) is 20.4 Å². The smallest absolute Gasteiger partial charge is 0.198 e. The third-order valence-electron chi connectivity index (χ3n) is 2.85. The molecule has 0 aliphatic heterocycles. The van der Waals surface area contributed by atoms with Crippen LogP contribution in [0.3, 0.4) is 0 Å². The minimum atomic E-state index is -0.518. The highest BCUT2D eigenvalue weighted by Crippen LogP contribution is 2.24. The van der Waals surface area contributed by atoms with E-state index in [1.54, 1.807) is 6.08 Å². The van der Waals surface area contributed by atoms with E-state index in [2.05, 4.69) is 14.5 Å². The van der Waals surface area contributed by atoms with Gasteiger partial charge in [0.1, 0.15) is 6.10 Å². The van der Waals surface area contributed by atoms with E-state index in [0.29, 0.717) is 11.3 Å². The van der Waals surface area contributed by atoms with Crippen LogP contribution in [0.4, 0.5) is 0 Å². The van der Waals surface area contributed by atoms with Crippen LogP contribution in [0.1, 0.15) is 16.1 Å². The van der Waals surface area contributed by atoms with Crippen molar-refractivity contribution in [1.82, 2.24) is 4.98 Å². The van der Waals surface area contributed by atoms with Crippen LogP contribution in [0.5, 0.6) is 0 Å². The third-order valence-corrected chi connectivity index (χ3v) is 3.15. The molecule has 4 heteroatoms. The number of fused-ring (bicyclic) bond motifs is 2. The van der Waals surface area contributed by atoms with E-state index in [9.17, 15) is 4.79 Å². The molecule has 84 valence electrons. The Bertz CT molecular complexity index is 636. The zero-order chi connectivity index (χ0) is 11.8. The molecule has 0 N–H and O–H groups in total. The normalized spacial score (nSPS) is 18.4. The topological polar surface area (TPSA) is 39.2 Å². The first-order chi connectivity index (χ1) is 8.29. The monoisotopic (exact) mass is 243 g/mol. The molecule has 0 amide bonds. The van der Waals surface area contributed by atoms with Gasteiger partial charge in [0.15, 0.2) is 5.78 Å². The van der Waals surface area contributed by atoms with E-state index >= 15 is 0 Å². The van der Waals surface area contributed by atoms with Crippen LogP contribution in [-0.2, 0) is 4.52 Å². The maximum Gasteiger partial charge on any atom is 0.198 e. The van der Waals surface area contributed by atoms with Crippen LogP contribution in [0, 0.1) is 0 Å². The van der Waals surface area contributed by atoms with E-state index in [1.807, 2.05) is 36.4 Å². The second-order valence-corrected chi connectivity index (χ2v) is 4.17. The fourth-order valence-corrected chi connectivity index (χ4v) is 2.20. The Morgan fingerprint density at radius 3 is 2.94 bits per heavy atom. The van der Waals surface area contributed by atoms with Crippen LogP contribution in [0.2, 0.25) is 0 Å². The molecule has 0 fully saturated rings. The van der Waals surface area contributed by atoms with Gasteiger partial charge >= 0.3 is 0 Å². The highest BCUT2D eigenvalue weighted by molar-refractivity contribution is 7.10. The number of nitrogens with zero attached hydrogens (tertiary/aromatic N) is 1. The van der Waals surface area contributed by atoms with Crippen molar-refractivity contribution >= 4 is 32.2 Å². The van der Waals surface area contributed by atoms with Gasteiger partial charge in [-0.3, -0.25) is 4.79 Å². The summed E-state index contributed by atoms with van der Waals surface area (Å²) >= 11 is 0. The van der Waals surface area contributed by atoms with Gasteiger partial charge in [-0.15, -0.1) is 0 Å². The lowest BCUT2D eigenvalue weighted by atomic mass is 9.97. The van der Waals surface area contributed by atoms with Crippen LogP contribution in [0.15, 0.2) is 36.4 Å². The Morgan fingerprint density at radius 1 is 1.29 bits per heavy atom. The summed E-state index contributed by atoms with van der Waals surface area (Å²) in [5.41, 5.74) is 2.24. The van der Waals surface area contributed by atoms with Gasteiger partial charge in [-0.25, -0.2) is 4.98 Å². The lowest BCUT2D eigenvalue weighted by Gasteiger charge is -2.16. The summed E-state index contributed by atoms with van der Waals surface area (Å²) in [5.74, 6) is -0.0456.